The lowest BCUT2D eigenvalue weighted by Gasteiger charge is -2.23. The van der Waals surface area contributed by atoms with Gasteiger partial charge >= 0.3 is 0 Å². The molecule has 3 aliphatic rings. The predicted molar refractivity (Wildman–Crippen MR) is 84.3 cm³/mol. The molecule has 104 valence electrons. The summed E-state index contributed by atoms with van der Waals surface area (Å²) < 4.78 is 0. The van der Waals surface area contributed by atoms with Gasteiger partial charge in [-0.3, -0.25) is 0 Å². The van der Waals surface area contributed by atoms with Crippen molar-refractivity contribution >= 4 is 11.3 Å². The van der Waals surface area contributed by atoms with E-state index in [2.05, 4.69) is 41.0 Å². The van der Waals surface area contributed by atoms with E-state index in [1.165, 1.54) is 61.2 Å². The number of rotatable bonds is 3. The van der Waals surface area contributed by atoms with E-state index in [0.717, 1.165) is 12.5 Å². The molecule has 0 atom stereocenters. The van der Waals surface area contributed by atoms with Gasteiger partial charge in [-0.2, -0.15) is 0 Å². The number of anilines is 1. The molecule has 2 heteroatoms. The van der Waals surface area contributed by atoms with Gasteiger partial charge in [0.15, 0.2) is 0 Å². The highest BCUT2D eigenvalue weighted by Crippen LogP contribution is 2.41. The maximum absolute atomic E-state index is 3.63. The molecule has 4 rings (SSSR count). The van der Waals surface area contributed by atoms with E-state index in [1.807, 2.05) is 0 Å². The Morgan fingerprint density at radius 2 is 1.90 bits per heavy atom. The molecule has 2 saturated carbocycles. The summed E-state index contributed by atoms with van der Waals surface area (Å²) in [5.41, 5.74) is 5.68. The fourth-order valence-corrected chi connectivity index (χ4v) is 3.42. The lowest BCUT2D eigenvalue weighted by molar-refractivity contribution is 0.518. The summed E-state index contributed by atoms with van der Waals surface area (Å²) in [5, 5.41) is 7.18. The van der Waals surface area contributed by atoms with Crippen LogP contribution in [0.15, 0.2) is 41.7 Å². The average molecular weight is 266 g/mol. The van der Waals surface area contributed by atoms with Crippen molar-refractivity contribution in [2.24, 2.45) is 5.92 Å². The zero-order chi connectivity index (χ0) is 13.4. The first-order chi connectivity index (χ1) is 9.90. The predicted octanol–water partition coefficient (Wildman–Crippen LogP) is 4.28. The van der Waals surface area contributed by atoms with Crippen LogP contribution in [-0.2, 0) is 0 Å². The Hall–Kier alpha value is -1.70. The van der Waals surface area contributed by atoms with E-state index < -0.39 is 0 Å². The summed E-state index contributed by atoms with van der Waals surface area (Å²) in [4.78, 5) is 0. The van der Waals surface area contributed by atoms with Crippen LogP contribution in [0.2, 0.25) is 0 Å². The van der Waals surface area contributed by atoms with Crippen LogP contribution in [0.3, 0.4) is 0 Å². The second-order valence-electron chi connectivity index (χ2n) is 6.28. The van der Waals surface area contributed by atoms with Gasteiger partial charge in [0.25, 0.3) is 0 Å². The Morgan fingerprint density at radius 3 is 2.70 bits per heavy atom. The Labute approximate surface area is 121 Å². The summed E-state index contributed by atoms with van der Waals surface area (Å²) in [6.45, 7) is 1.11. The molecule has 0 amide bonds. The van der Waals surface area contributed by atoms with Crippen molar-refractivity contribution in [3.05, 3.63) is 47.3 Å². The van der Waals surface area contributed by atoms with Gasteiger partial charge in [0.05, 0.1) is 0 Å². The van der Waals surface area contributed by atoms with Crippen LogP contribution >= 0.6 is 0 Å². The third kappa shape index (κ3) is 2.35. The van der Waals surface area contributed by atoms with E-state index in [9.17, 15) is 0 Å². The second-order valence-corrected chi connectivity index (χ2v) is 6.28. The Kier molecular flexibility index (Phi) is 3.02. The van der Waals surface area contributed by atoms with E-state index in [0.29, 0.717) is 0 Å². The SMILES string of the molecule is C1=C(NCC2CCCC2)Nc2ccccc2C1=C1CC1. The van der Waals surface area contributed by atoms with Gasteiger partial charge in [-0.25, -0.2) is 0 Å². The van der Waals surface area contributed by atoms with Crippen molar-refractivity contribution in [3.8, 4) is 0 Å². The average Bonchev–Trinajstić information content (AvgIpc) is 3.20. The molecule has 2 aliphatic carbocycles. The lowest BCUT2D eigenvalue weighted by Crippen LogP contribution is -2.26. The largest absolute Gasteiger partial charge is 0.371 e. The number of hydrogen-bond donors (Lipinski definition) is 2. The van der Waals surface area contributed by atoms with Crippen LogP contribution in [0.25, 0.3) is 5.57 Å². The van der Waals surface area contributed by atoms with Crippen LogP contribution in [0.1, 0.15) is 44.1 Å². The fraction of sp³-hybridized carbons (Fsp3) is 0.444. The number of fused-ring (bicyclic) bond motifs is 1. The summed E-state index contributed by atoms with van der Waals surface area (Å²) in [6, 6.07) is 8.66. The topological polar surface area (TPSA) is 24.1 Å². The highest BCUT2D eigenvalue weighted by Gasteiger charge is 2.23. The molecule has 0 unspecified atom stereocenters. The van der Waals surface area contributed by atoms with Crippen LogP contribution in [0, 0.1) is 5.92 Å². The quantitative estimate of drug-likeness (QED) is 0.853. The first kappa shape index (κ1) is 12.1. The van der Waals surface area contributed by atoms with Crippen LogP contribution in [0.5, 0.6) is 0 Å². The standard InChI is InChI=1S/C18H22N2/c1-2-6-13(5-1)12-19-18-11-16(14-9-10-14)15-7-3-4-8-17(15)20-18/h3-4,7-8,11,13,19-20H,1-2,5-6,9-10,12H2. The van der Waals surface area contributed by atoms with E-state index in [4.69, 9.17) is 0 Å². The maximum Gasteiger partial charge on any atom is 0.104 e. The minimum Gasteiger partial charge on any atom is -0.371 e. The van der Waals surface area contributed by atoms with Crippen molar-refractivity contribution in [1.82, 2.24) is 5.32 Å². The molecule has 1 aromatic rings. The van der Waals surface area contributed by atoms with Crippen LogP contribution in [-0.4, -0.2) is 6.54 Å². The number of allylic oxidation sites excluding steroid dienone is 3. The number of nitrogens with one attached hydrogen (secondary N) is 2. The third-order valence-electron chi connectivity index (χ3n) is 4.71. The minimum atomic E-state index is 0.867. The van der Waals surface area contributed by atoms with Gasteiger partial charge in [0.1, 0.15) is 5.82 Å². The highest BCUT2D eigenvalue weighted by molar-refractivity contribution is 5.89. The monoisotopic (exact) mass is 266 g/mol. The van der Waals surface area contributed by atoms with E-state index in [1.54, 1.807) is 5.57 Å². The van der Waals surface area contributed by atoms with Gasteiger partial charge < -0.3 is 10.6 Å². The van der Waals surface area contributed by atoms with Gasteiger partial charge in [0, 0.05) is 17.8 Å². The molecule has 0 radical (unpaired) electrons. The third-order valence-corrected chi connectivity index (χ3v) is 4.71. The van der Waals surface area contributed by atoms with Crippen molar-refractivity contribution in [3.63, 3.8) is 0 Å². The molecule has 2 nitrogen and oxygen atoms in total. The minimum absolute atomic E-state index is 0.867. The summed E-state index contributed by atoms with van der Waals surface area (Å²) in [5.74, 6) is 2.05. The molecule has 0 bridgehead atoms. The Bertz CT molecular complexity index is 571. The van der Waals surface area contributed by atoms with E-state index in [-0.39, 0.29) is 0 Å². The van der Waals surface area contributed by atoms with Crippen LogP contribution in [0.4, 0.5) is 5.69 Å². The fourth-order valence-electron chi connectivity index (χ4n) is 3.42. The van der Waals surface area contributed by atoms with Gasteiger partial charge in [-0.1, -0.05) is 36.6 Å². The molecule has 2 N–H and O–H groups in total. The number of para-hydroxylation sites is 1. The zero-order valence-electron chi connectivity index (χ0n) is 11.9. The second kappa shape index (κ2) is 5.01. The van der Waals surface area contributed by atoms with Gasteiger partial charge in [0.2, 0.25) is 0 Å². The molecule has 1 aromatic carbocycles. The molecule has 0 spiro atoms. The number of benzene rings is 1. The summed E-state index contributed by atoms with van der Waals surface area (Å²) >= 11 is 0. The Balaban J connectivity index is 1.55. The summed E-state index contributed by atoms with van der Waals surface area (Å²) in [6.07, 6.45) is 10.5. The molecule has 20 heavy (non-hydrogen) atoms. The number of hydrogen-bond acceptors (Lipinski definition) is 2. The molecule has 2 fully saturated rings. The molecule has 1 aliphatic heterocycles. The van der Waals surface area contributed by atoms with Gasteiger partial charge in [-0.05, 0) is 49.3 Å². The van der Waals surface area contributed by atoms with Crippen LogP contribution < -0.4 is 10.6 Å². The summed E-state index contributed by atoms with van der Waals surface area (Å²) in [7, 11) is 0. The molecular formula is C18H22N2. The van der Waals surface area contributed by atoms with Crippen molar-refractivity contribution < 1.29 is 0 Å². The van der Waals surface area contributed by atoms with Crippen molar-refractivity contribution in [2.45, 2.75) is 38.5 Å². The molecule has 1 heterocycles. The molecule has 0 saturated heterocycles. The normalized spacial score (nSPS) is 21.3. The van der Waals surface area contributed by atoms with Gasteiger partial charge in [-0.15, -0.1) is 0 Å². The van der Waals surface area contributed by atoms with Crippen molar-refractivity contribution in [2.75, 3.05) is 11.9 Å². The first-order valence-electron chi connectivity index (χ1n) is 7.94. The van der Waals surface area contributed by atoms with E-state index >= 15 is 0 Å². The zero-order valence-corrected chi connectivity index (χ0v) is 11.9. The molecular weight excluding hydrogens is 244 g/mol. The van der Waals surface area contributed by atoms with Crippen molar-refractivity contribution in [1.29, 1.82) is 0 Å². The smallest absolute Gasteiger partial charge is 0.104 e. The highest BCUT2D eigenvalue weighted by atomic mass is 15.1. The molecule has 0 aromatic heterocycles. The lowest BCUT2D eigenvalue weighted by atomic mass is 9.99. The maximum atomic E-state index is 3.63. The first-order valence-corrected chi connectivity index (χ1v) is 7.94. The Morgan fingerprint density at radius 1 is 1.10 bits per heavy atom.